The quantitative estimate of drug-likeness (QED) is 0.736. The van der Waals surface area contributed by atoms with Crippen molar-refractivity contribution < 1.29 is 14.3 Å². The van der Waals surface area contributed by atoms with E-state index < -0.39 is 5.92 Å². The number of benzene rings is 1. The summed E-state index contributed by atoms with van der Waals surface area (Å²) in [6.45, 7) is 4.11. The molecule has 3 rings (SSSR count). The summed E-state index contributed by atoms with van der Waals surface area (Å²) in [4.78, 5) is 24.7. The summed E-state index contributed by atoms with van der Waals surface area (Å²) in [7, 11) is 1.33. The van der Waals surface area contributed by atoms with Crippen molar-refractivity contribution in [2.24, 2.45) is 5.41 Å². The number of Topliss-reactive ketones (excluding diaryl/α,β-unsaturated/α-hetero) is 1. The first-order valence-corrected chi connectivity index (χ1v) is 10.2. The number of carbonyl (C=O) groups is 2. The molecular weight excluding hydrogens is 396 g/mol. The molecule has 2 aliphatic rings. The highest BCUT2D eigenvalue weighted by Gasteiger charge is 2.41. The van der Waals surface area contributed by atoms with Gasteiger partial charge in [0, 0.05) is 22.7 Å². The predicted octanol–water partition coefficient (Wildman–Crippen LogP) is 4.31. The van der Waals surface area contributed by atoms with Gasteiger partial charge in [-0.15, -0.1) is 0 Å². The highest BCUT2D eigenvalue weighted by atomic mass is 35.5. The number of carbonyl (C=O) groups excluding carboxylic acids is 2. The molecule has 0 radical (unpaired) electrons. The lowest BCUT2D eigenvalue weighted by atomic mass is 9.69. The SMILES string of the molecule is COC(=O)CSC1=C(C#N)[C@@H](c2ccc(Cl)cc2)C2=C(CC(C)(C)CC2=O)N1. The van der Waals surface area contributed by atoms with Crippen LogP contribution in [0.25, 0.3) is 0 Å². The van der Waals surface area contributed by atoms with Gasteiger partial charge < -0.3 is 10.1 Å². The summed E-state index contributed by atoms with van der Waals surface area (Å²) in [5, 5.41) is 14.4. The van der Waals surface area contributed by atoms with E-state index in [-0.39, 0.29) is 22.9 Å². The molecule has 0 unspecified atom stereocenters. The number of halogens is 1. The number of allylic oxidation sites excluding steroid dienone is 3. The second kappa shape index (κ2) is 8.02. The Hall–Kier alpha value is -2.23. The van der Waals surface area contributed by atoms with Crippen molar-refractivity contribution in [3.05, 3.63) is 56.7 Å². The number of nitrogens with one attached hydrogen (secondary N) is 1. The maximum Gasteiger partial charge on any atom is 0.316 e. The number of nitriles is 1. The van der Waals surface area contributed by atoms with Crippen molar-refractivity contribution in [2.45, 2.75) is 32.6 Å². The van der Waals surface area contributed by atoms with Crippen LogP contribution in [0, 0.1) is 16.7 Å². The summed E-state index contributed by atoms with van der Waals surface area (Å²) in [5.41, 5.74) is 2.56. The number of thioether (sulfide) groups is 1. The molecule has 146 valence electrons. The van der Waals surface area contributed by atoms with Gasteiger partial charge in [0.2, 0.25) is 0 Å². The van der Waals surface area contributed by atoms with E-state index in [4.69, 9.17) is 16.3 Å². The molecule has 0 saturated heterocycles. The summed E-state index contributed by atoms with van der Waals surface area (Å²) in [5.74, 6) is -0.720. The number of dihydropyridines is 1. The Labute approximate surface area is 173 Å². The smallest absolute Gasteiger partial charge is 0.316 e. The normalized spacial score (nSPS) is 21.0. The number of hydrogen-bond acceptors (Lipinski definition) is 6. The molecule has 1 aliphatic heterocycles. The van der Waals surface area contributed by atoms with Gasteiger partial charge in [-0.05, 0) is 29.5 Å². The highest BCUT2D eigenvalue weighted by Crippen LogP contribution is 2.47. The van der Waals surface area contributed by atoms with Gasteiger partial charge in [0.1, 0.15) is 0 Å². The van der Waals surface area contributed by atoms with Crippen molar-refractivity contribution in [1.29, 1.82) is 5.26 Å². The zero-order chi connectivity index (χ0) is 20.5. The van der Waals surface area contributed by atoms with E-state index in [2.05, 4.69) is 25.2 Å². The Kier molecular flexibility index (Phi) is 5.87. The Balaban J connectivity index is 2.11. The Morgan fingerprint density at radius 2 is 2.04 bits per heavy atom. The van der Waals surface area contributed by atoms with Crippen LogP contribution in [0.5, 0.6) is 0 Å². The lowest BCUT2D eigenvalue weighted by Gasteiger charge is -2.39. The largest absolute Gasteiger partial charge is 0.468 e. The fourth-order valence-electron chi connectivity index (χ4n) is 3.67. The van der Waals surface area contributed by atoms with E-state index in [9.17, 15) is 14.9 Å². The Bertz CT molecular complexity index is 926. The van der Waals surface area contributed by atoms with Crippen LogP contribution in [-0.2, 0) is 14.3 Å². The summed E-state index contributed by atoms with van der Waals surface area (Å²) in [6.07, 6.45) is 1.13. The average molecular weight is 417 g/mol. The van der Waals surface area contributed by atoms with Gasteiger partial charge in [-0.3, -0.25) is 9.59 Å². The minimum absolute atomic E-state index is 0.0449. The number of ether oxygens (including phenoxy) is 1. The average Bonchev–Trinajstić information content (AvgIpc) is 2.64. The maximum absolute atomic E-state index is 13.0. The monoisotopic (exact) mass is 416 g/mol. The minimum Gasteiger partial charge on any atom is -0.468 e. The molecular formula is C21H21ClN2O3S. The third-order valence-electron chi connectivity index (χ3n) is 4.89. The first kappa shape index (κ1) is 20.5. The Morgan fingerprint density at radius 1 is 1.36 bits per heavy atom. The van der Waals surface area contributed by atoms with E-state index in [0.29, 0.717) is 34.0 Å². The van der Waals surface area contributed by atoms with Crippen molar-refractivity contribution in [2.75, 3.05) is 12.9 Å². The number of methoxy groups -OCH3 is 1. The van der Waals surface area contributed by atoms with Crippen LogP contribution in [-0.4, -0.2) is 24.6 Å². The van der Waals surface area contributed by atoms with E-state index in [1.165, 1.54) is 18.9 Å². The molecule has 0 aromatic heterocycles. The summed E-state index contributed by atoms with van der Waals surface area (Å²) >= 11 is 7.25. The molecule has 0 fully saturated rings. The molecule has 28 heavy (non-hydrogen) atoms. The maximum atomic E-state index is 13.0. The minimum atomic E-state index is -0.470. The highest BCUT2D eigenvalue weighted by molar-refractivity contribution is 8.03. The van der Waals surface area contributed by atoms with Gasteiger partial charge in [-0.25, -0.2) is 0 Å². The molecule has 0 bridgehead atoms. The second-order valence-corrected chi connectivity index (χ2v) is 9.08. The lowest BCUT2D eigenvalue weighted by Crippen LogP contribution is -2.37. The molecule has 5 nitrogen and oxygen atoms in total. The van der Waals surface area contributed by atoms with Gasteiger partial charge in [0.05, 0.1) is 35.5 Å². The van der Waals surface area contributed by atoms with Crippen LogP contribution in [0.4, 0.5) is 0 Å². The third-order valence-corrected chi connectivity index (χ3v) is 6.13. The number of nitrogens with zero attached hydrogens (tertiary/aromatic N) is 1. The van der Waals surface area contributed by atoms with Crippen LogP contribution < -0.4 is 5.32 Å². The van der Waals surface area contributed by atoms with Crippen LogP contribution in [0.2, 0.25) is 5.02 Å². The lowest BCUT2D eigenvalue weighted by molar-refractivity contribution is -0.137. The fraction of sp³-hybridized carbons (Fsp3) is 0.381. The Morgan fingerprint density at radius 3 is 2.64 bits per heavy atom. The van der Waals surface area contributed by atoms with E-state index in [1.54, 1.807) is 12.1 Å². The van der Waals surface area contributed by atoms with Crippen molar-refractivity contribution >= 4 is 35.1 Å². The molecule has 1 aromatic rings. The zero-order valence-electron chi connectivity index (χ0n) is 16.0. The van der Waals surface area contributed by atoms with E-state index >= 15 is 0 Å². The first-order chi connectivity index (χ1) is 13.3. The van der Waals surface area contributed by atoms with Crippen LogP contribution in [0.15, 0.2) is 46.1 Å². The van der Waals surface area contributed by atoms with Crippen molar-refractivity contribution in [3.8, 4) is 6.07 Å². The van der Waals surface area contributed by atoms with E-state index in [0.717, 1.165) is 11.3 Å². The van der Waals surface area contributed by atoms with Gasteiger partial charge >= 0.3 is 5.97 Å². The molecule has 0 amide bonds. The summed E-state index contributed by atoms with van der Waals surface area (Å²) in [6, 6.07) is 9.46. The standard InChI is InChI=1S/C21H21ClN2O3S/c1-21(2)8-15-19(16(25)9-21)18(12-4-6-13(22)7-5-12)14(10-23)20(24-15)28-11-17(26)27-3/h4-7,18,24H,8-9,11H2,1-3H3/t18-/m1/s1. The van der Waals surface area contributed by atoms with Crippen molar-refractivity contribution in [1.82, 2.24) is 5.32 Å². The number of ketones is 1. The van der Waals surface area contributed by atoms with Gasteiger partial charge in [-0.2, -0.15) is 5.26 Å². The third kappa shape index (κ3) is 4.11. The number of hydrogen-bond donors (Lipinski definition) is 1. The summed E-state index contributed by atoms with van der Waals surface area (Å²) < 4.78 is 4.72. The molecule has 1 aliphatic carbocycles. The molecule has 1 aromatic carbocycles. The van der Waals surface area contributed by atoms with E-state index in [1.807, 2.05) is 12.1 Å². The van der Waals surface area contributed by atoms with Crippen LogP contribution >= 0.6 is 23.4 Å². The van der Waals surface area contributed by atoms with Gasteiger partial charge in [0.15, 0.2) is 5.78 Å². The molecule has 0 saturated carbocycles. The van der Waals surface area contributed by atoms with Crippen LogP contribution in [0.3, 0.4) is 0 Å². The molecule has 1 N–H and O–H groups in total. The van der Waals surface area contributed by atoms with Crippen molar-refractivity contribution in [3.63, 3.8) is 0 Å². The predicted molar refractivity (Wildman–Crippen MR) is 109 cm³/mol. The number of rotatable bonds is 4. The molecule has 1 atom stereocenters. The van der Waals surface area contributed by atoms with Crippen LogP contribution in [0.1, 0.15) is 38.2 Å². The zero-order valence-corrected chi connectivity index (χ0v) is 17.5. The molecule has 7 heteroatoms. The topological polar surface area (TPSA) is 79.2 Å². The fourth-order valence-corrected chi connectivity index (χ4v) is 4.69. The number of esters is 1. The first-order valence-electron chi connectivity index (χ1n) is 8.88. The second-order valence-electron chi connectivity index (χ2n) is 7.66. The van der Waals surface area contributed by atoms with Gasteiger partial charge in [0.25, 0.3) is 0 Å². The van der Waals surface area contributed by atoms with Gasteiger partial charge in [-0.1, -0.05) is 49.3 Å². The molecule has 0 spiro atoms. The molecule has 1 heterocycles.